The van der Waals surface area contributed by atoms with Gasteiger partial charge in [-0.2, -0.15) is 0 Å². The Morgan fingerprint density at radius 3 is 2.51 bits per heavy atom. The number of halogens is 2. The maximum absolute atomic E-state index is 13.0. The van der Waals surface area contributed by atoms with Crippen LogP contribution in [0.4, 0.5) is 16.2 Å². The number of para-hydroxylation sites is 1. The Labute approximate surface area is 271 Å². The van der Waals surface area contributed by atoms with Crippen molar-refractivity contribution in [1.82, 2.24) is 20.1 Å². The lowest BCUT2D eigenvalue weighted by Crippen LogP contribution is -2.47. The largest absolute Gasteiger partial charge is 0.487 e. The molecule has 234 valence electrons. The van der Waals surface area contributed by atoms with Crippen LogP contribution in [0.15, 0.2) is 66.7 Å². The fourth-order valence-electron chi connectivity index (χ4n) is 4.97. The van der Waals surface area contributed by atoms with Crippen molar-refractivity contribution in [2.75, 3.05) is 57.0 Å². The van der Waals surface area contributed by atoms with Gasteiger partial charge in [-0.05, 0) is 56.4 Å². The smallest absolute Gasteiger partial charge is 0.319 e. The number of hydrogen-bond donors (Lipinski definition) is 2. The molecule has 1 aliphatic heterocycles. The quantitative estimate of drug-likeness (QED) is 0.258. The second kappa shape index (κ2) is 14.2. The lowest BCUT2D eigenvalue weighted by molar-refractivity contribution is -0.117. The van der Waals surface area contributed by atoms with Crippen molar-refractivity contribution in [2.24, 2.45) is 0 Å². The van der Waals surface area contributed by atoms with Crippen LogP contribution in [0.1, 0.15) is 21.6 Å². The molecule has 1 aromatic heterocycles. The Morgan fingerprint density at radius 2 is 1.73 bits per heavy atom. The number of amides is 4. The topological polar surface area (TPSA) is 107 Å². The molecule has 2 N–H and O–H groups in total. The predicted octanol–water partition coefficient (Wildman–Crippen LogP) is 5.60. The van der Waals surface area contributed by atoms with Gasteiger partial charge in [0.2, 0.25) is 5.91 Å². The zero-order valence-electron chi connectivity index (χ0n) is 25.3. The fourth-order valence-corrected chi connectivity index (χ4v) is 5.57. The number of benzene rings is 3. The fraction of sp³-hybridized carbons (Fsp3) is 0.273. The molecule has 0 radical (unpaired) electrons. The van der Waals surface area contributed by atoms with Crippen LogP contribution >= 0.6 is 23.2 Å². The van der Waals surface area contributed by atoms with Crippen molar-refractivity contribution in [3.8, 4) is 5.75 Å². The van der Waals surface area contributed by atoms with Gasteiger partial charge in [0.05, 0.1) is 17.3 Å². The van der Waals surface area contributed by atoms with Crippen molar-refractivity contribution >= 4 is 63.3 Å². The van der Waals surface area contributed by atoms with Crippen LogP contribution in [-0.4, -0.2) is 79.4 Å². The summed E-state index contributed by atoms with van der Waals surface area (Å²) in [4.78, 5) is 48.5. The number of pyridine rings is 1. The molecule has 0 aliphatic carbocycles. The number of aromatic nitrogens is 1. The standard InChI is InChI=1S/C33H34Cl2N6O4/c1-21-10-11-22-6-5-9-28(31(22)37-21)45-20-25-26(34)12-13-27(30(25)35)40(3)29(42)19-36-33(44)38-24-8-4-7-23(18-24)32(43)41-16-14-39(2)15-17-41/h4-13,18H,14-17,19-20H2,1-3H3,(H2,36,38,44). The van der Waals surface area contributed by atoms with E-state index in [0.717, 1.165) is 29.7 Å². The summed E-state index contributed by atoms with van der Waals surface area (Å²) in [7, 11) is 3.59. The highest BCUT2D eigenvalue weighted by atomic mass is 35.5. The van der Waals surface area contributed by atoms with Crippen molar-refractivity contribution < 1.29 is 19.1 Å². The molecule has 0 atom stereocenters. The van der Waals surface area contributed by atoms with Gasteiger partial charge in [0.1, 0.15) is 17.9 Å². The molecule has 0 unspecified atom stereocenters. The minimum atomic E-state index is -0.587. The monoisotopic (exact) mass is 648 g/mol. The normalized spacial score (nSPS) is 13.4. The number of carbonyl (C=O) groups excluding carboxylic acids is 3. The zero-order valence-corrected chi connectivity index (χ0v) is 26.8. The second-order valence-corrected chi connectivity index (χ2v) is 11.7. The van der Waals surface area contributed by atoms with E-state index in [9.17, 15) is 14.4 Å². The summed E-state index contributed by atoms with van der Waals surface area (Å²) >= 11 is 13.2. The van der Waals surface area contributed by atoms with Gasteiger partial charge in [-0.15, -0.1) is 0 Å². The number of anilines is 2. The Morgan fingerprint density at radius 1 is 0.978 bits per heavy atom. The van der Waals surface area contributed by atoms with Crippen molar-refractivity contribution in [3.05, 3.63) is 93.6 Å². The number of ether oxygens (including phenoxy) is 1. The zero-order chi connectivity index (χ0) is 32.1. The number of nitrogens with zero attached hydrogens (tertiary/aromatic N) is 4. The molecule has 10 nitrogen and oxygen atoms in total. The molecule has 45 heavy (non-hydrogen) atoms. The maximum Gasteiger partial charge on any atom is 0.319 e. The molecular formula is C33H34Cl2N6O4. The summed E-state index contributed by atoms with van der Waals surface area (Å²) in [5.41, 5.74) is 3.44. The van der Waals surface area contributed by atoms with E-state index >= 15 is 0 Å². The number of aryl methyl sites for hydroxylation is 1. The minimum Gasteiger partial charge on any atom is -0.487 e. The highest BCUT2D eigenvalue weighted by Crippen LogP contribution is 2.35. The Bertz CT molecular complexity index is 1740. The third-order valence-corrected chi connectivity index (χ3v) is 8.43. The molecule has 12 heteroatoms. The van der Waals surface area contributed by atoms with Gasteiger partial charge >= 0.3 is 6.03 Å². The third-order valence-electron chi connectivity index (χ3n) is 7.65. The number of rotatable bonds is 8. The van der Waals surface area contributed by atoms with E-state index in [1.54, 1.807) is 48.3 Å². The highest BCUT2D eigenvalue weighted by molar-refractivity contribution is 6.38. The first-order valence-corrected chi connectivity index (χ1v) is 15.2. The first-order chi connectivity index (χ1) is 21.6. The summed E-state index contributed by atoms with van der Waals surface area (Å²) in [6.45, 7) is 4.59. The van der Waals surface area contributed by atoms with Gasteiger partial charge in [-0.1, -0.05) is 47.5 Å². The highest BCUT2D eigenvalue weighted by Gasteiger charge is 2.22. The van der Waals surface area contributed by atoms with Gasteiger partial charge in [0.15, 0.2) is 0 Å². The van der Waals surface area contributed by atoms with Crippen molar-refractivity contribution in [2.45, 2.75) is 13.5 Å². The summed E-state index contributed by atoms with van der Waals surface area (Å²) in [6, 6.07) is 19.0. The Hall–Kier alpha value is -4.38. The molecule has 0 saturated carbocycles. The number of piperazine rings is 1. The number of carbonyl (C=O) groups is 3. The number of urea groups is 1. The van der Waals surface area contributed by atoms with Crippen LogP contribution in [0.2, 0.25) is 10.0 Å². The number of fused-ring (bicyclic) bond motifs is 1. The van der Waals surface area contributed by atoms with E-state index in [4.69, 9.17) is 27.9 Å². The predicted molar refractivity (Wildman–Crippen MR) is 178 cm³/mol. The summed E-state index contributed by atoms with van der Waals surface area (Å²) in [5, 5.41) is 6.85. The molecule has 2 heterocycles. The molecular weight excluding hydrogens is 615 g/mol. The van der Waals surface area contributed by atoms with E-state index < -0.39 is 11.9 Å². The molecule has 4 amide bonds. The van der Waals surface area contributed by atoms with Gasteiger partial charge < -0.3 is 30.1 Å². The van der Waals surface area contributed by atoms with Crippen LogP contribution in [0.25, 0.3) is 10.9 Å². The Kier molecular flexibility index (Phi) is 10.1. The van der Waals surface area contributed by atoms with E-state index in [0.29, 0.717) is 46.4 Å². The molecule has 5 rings (SSSR count). The first kappa shape index (κ1) is 32.0. The summed E-state index contributed by atoms with van der Waals surface area (Å²) < 4.78 is 6.09. The van der Waals surface area contributed by atoms with E-state index in [1.165, 1.54) is 4.90 Å². The Balaban J connectivity index is 1.19. The van der Waals surface area contributed by atoms with Crippen LogP contribution in [0.5, 0.6) is 5.75 Å². The van der Waals surface area contributed by atoms with Gasteiger partial charge in [-0.25, -0.2) is 9.78 Å². The average Bonchev–Trinajstić information content (AvgIpc) is 3.03. The average molecular weight is 650 g/mol. The lowest BCUT2D eigenvalue weighted by Gasteiger charge is -2.32. The van der Waals surface area contributed by atoms with Gasteiger partial charge in [0, 0.05) is 66.1 Å². The van der Waals surface area contributed by atoms with Gasteiger partial charge in [0.25, 0.3) is 5.91 Å². The molecule has 1 saturated heterocycles. The number of hydrogen-bond acceptors (Lipinski definition) is 6. The SMILES string of the molecule is Cc1ccc2cccc(OCc3c(Cl)ccc(N(C)C(=O)CNC(=O)Nc4cccc(C(=O)N5CCN(C)CC5)c4)c3Cl)c2n1. The van der Waals surface area contributed by atoms with E-state index in [1.807, 2.05) is 44.3 Å². The molecule has 1 aliphatic rings. The lowest BCUT2D eigenvalue weighted by atomic mass is 10.1. The summed E-state index contributed by atoms with van der Waals surface area (Å²) in [6.07, 6.45) is 0. The molecule has 0 bridgehead atoms. The summed E-state index contributed by atoms with van der Waals surface area (Å²) in [5.74, 6) is 0.0917. The van der Waals surface area contributed by atoms with E-state index in [2.05, 4.69) is 20.5 Å². The second-order valence-electron chi connectivity index (χ2n) is 10.9. The van der Waals surface area contributed by atoms with Crippen LogP contribution in [0.3, 0.4) is 0 Å². The van der Waals surface area contributed by atoms with E-state index in [-0.39, 0.29) is 24.1 Å². The molecule has 1 fully saturated rings. The number of likely N-dealkylation sites (N-methyl/N-ethyl adjacent to an activating group) is 2. The van der Waals surface area contributed by atoms with Crippen LogP contribution < -0.4 is 20.3 Å². The van der Waals surface area contributed by atoms with Crippen molar-refractivity contribution in [1.29, 1.82) is 0 Å². The third kappa shape index (κ3) is 7.65. The molecule has 4 aromatic rings. The molecule has 0 spiro atoms. The van der Waals surface area contributed by atoms with Crippen LogP contribution in [0, 0.1) is 6.92 Å². The maximum atomic E-state index is 13.0. The van der Waals surface area contributed by atoms with Gasteiger partial charge in [-0.3, -0.25) is 9.59 Å². The number of nitrogens with one attached hydrogen (secondary N) is 2. The molecule has 3 aromatic carbocycles. The van der Waals surface area contributed by atoms with Crippen LogP contribution in [-0.2, 0) is 11.4 Å². The van der Waals surface area contributed by atoms with Crippen molar-refractivity contribution in [3.63, 3.8) is 0 Å². The first-order valence-electron chi connectivity index (χ1n) is 14.5. The minimum absolute atomic E-state index is 0.0549.